The van der Waals surface area contributed by atoms with Gasteiger partial charge in [0.1, 0.15) is 0 Å². The number of likely N-dealkylation sites (N-methyl/N-ethyl adjacent to an activating group) is 1. The second-order valence-electron chi connectivity index (χ2n) is 9.05. The minimum Gasteiger partial charge on any atom is -0.357 e. The number of hydrogen-bond acceptors (Lipinski definition) is 3. The molecule has 0 saturated carbocycles. The molecule has 180 valence electrons. The molecule has 1 aromatic heterocycles. The molecule has 4 aromatic rings. The van der Waals surface area contributed by atoms with Crippen LogP contribution in [-0.2, 0) is 17.8 Å². The molecule has 2 aliphatic heterocycles. The number of amides is 1. The number of benzodiazepines with no additional fused rings is 1. The van der Waals surface area contributed by atoms with Gasteiger partial charge >= 0.3 is 0 Å². The third-order valence-electron chi connectivity index (χ3n) is 6.88. The van der Waals surface area contributed by atoms with Crippen LogP contribution in [0.2, 0.25) is 5.02 Å². The Morgan fingerprint density at radius 2 is 1.89 bits per heavy atom. The van der Waals surface area contributed by atoms with Crippen molar-refractivity contribution in [2.75, 3.05) is 18.5 Å². The summed E-state index contributed by atoms with van der Waals surface area (Å²) in [5, 5.41) is 5.61. The minimum atomic E-state index is -0.868. The Morgan fingerprint density at radius 3 is 2.72 bits per heavy atom. The summed E-state index contributed by atoms with van der Waals surface area (Å²) >= 11 is 12.2. The van der Waals surface area contributed by atoms with Gasteiger partial charge in [0.05, 0.1) is 17.9 Å². The van der Waals surface area contributed by atoms with Gasteiger partial charge in [-0.05, 0) is 48.5 Å². The lowest BCUT2D eigenvalue weighted by Crippen LogP contribution is -2.51. The highest BCUT2D eigenvalue weighted by molar-refractivity contribution is 7.80. The molecule has 3 aromatic carbocycles. The van der Waals surface area contributed by atoms with Crippen LogP contribution in [0, 0.1) is 0 Å². The SMILES string of the molecule is CN1C(=O)C(NC(=S)N2CCc3c([nH]c4ccccc34)C2)N=C(c2ccccc2)c2cc(Cl)ccc21. The lowest BCUT2D eigenvalue weighted by Gasteiger charge is -2.31. The Hall–Kier alpha value is -3.68. The zero-order valence-electron chi connectivity index (χ0n) is 19.7. The molecule has 0 saturated heterocycles. The fourth-order valence-corrected chi connectivity index (χ4v) is 5.48. The third-order valence-corrected chi connectivity index (χ3v) is 7.49. The van der Waals surface area contributed by atoms with Crippen LogP contribution in [0.25, 0.3) is 10.9 Å². The van der Waals surface area contributed by atoms with Crippen molar-refractivity contribution in [1.29, 1.82) is 0 Å². The maximum Gasteiger partial charge on any atom is 0.272 e. The second kappa shape index (κ2) is 9.08. The number of carbonyl (C=O) groups excluding carboxylic acids is 1. The number of para-hydroxylation sites is 1. The van der Waals surface area contributed by atoms with E-state index in [2.05, 4.69) is 33.4 Å². The van der Waals surface area contributed by atoms with Crippen molar-refractivity contribution in [1.82, 2.24) is 15.2 Å². The number of aliphatic imine (C=N–C) groups is 1. The summed E-state index contributed by atoms with van der Waals surface area (Å²) in [7, 11) is 1.76. The Morgan fingerprint density at radius 1 is 1.11 bits per heavy atom. The lowest BCUT2D eigenvalue weighted by atomic mass is 10.0. The normalized spacial score (nSPS) is 17.3. The summed E-state index contributed by atoms with van der Waals surface area (Å²) in [6, 6.07) is 23.7. The van der Waals surface area contributed by atoms with Crippen LogP contribution in [0.3, 0.4) is 0 Å². The number of thiocarbonyl (C=S) groups is 1. The van der Waals surface area contributed by atoms with E-state index in [9.17, 15) is 4.79 Å². The highest BCUT2D eigenvalue weighted by Gasteiger charge is 2.32. The van der Waals surface area contributed by atoms with Crippen molar-refractivity contribution in [2.45, 2.75) is 19.1 Å². The van der Waals surface area contributed by atoms with Crippen molar-refractivity contribution in [3.63, 3.8) is 0 Å². The first-order chi connectivity index (χ1) is 17.5. The molecular formula is C28H24ClN5OS. The van der Waals surface area contributed by atoms with Crippen LogP contribution in [0.4, 0.5) is 5.69 Å². The molecule has 6 nitrogen and oxygen atoms in total. The number of rotatable bonds is 2. The fraction of sp³-hybridized carbons (Fsp3) is 0.179. The number of benzene rings is 3. The first kappa shape index (κ1) is 22.8. The van der Waals surface area contributed by atoms with E-state index in [1.807, 2.05) is 48.5 Å². The molecule has 8 heteroatoms. The number of anilines is 1. The van der Waals surface area contributed by atoms with Crippen molar-refractivity contribution < 1.29 is 4.79 Å². The monoisotopic (exact) mass is 513 g/mol. The van der Waals surface area contributed by atoms with Crippen LogP contribution in [0.15, 0.2) is 77.8 Å². The van der Waals surface area contributed by atoms with Gasteiger partial charge in [-0.25, -0.2) is 4.99 Å². The average Bonchev–Trinajstić information content (AvgIpc) is 3.24. The highest BCUT2D eigenvalue weighted by Crippen LogP contribution is 2.31. The predicted octanol–water partition coefficient (Wildman–Crippen LogP) is 4.89. The number of aromatic amines is 1. The van der Waals surface area contributed by atoms with Crippen molar-refractivity contribution >= 4 is 57.1 Å². The number of carbonyl (C=O) groups is 1. The van der Waals surface area contributed by atoms with Gasteiger partial charge in [0.25, 0.3) is 5.91 Å². The van der Waals surface area contributed by atoms with Crippen molar-refractivity contribution in [2.24, 2.45) is 4.99 Å². The number of fused-ring (bicyclic) bond motifs is 4. The average molecular weight is 514 g/mol. The lowest BCUT2D eigenvalue weighted by molar-refractivity contribution is -0.119. The zero-order valence-corrected chi connectivity index (χ0v) is 21.2. The smallest absolute Gasteiger partial charge is 0.272 e. The van der Waals surface area contributed by atoms with Crippen LogP contribution in [0.5, 0.6) is 0 Å². The van der Waals surface area contributed by atoms with E-state index >= 15 is 0 Å². The van der Waals surface area contributed by atoms with E-state index in [4.69, 9.17) is 28.8 Å². The van der Waals surface area contributed by atoms with Gasteiger partial charge in [-0.2, -0.15) is 0 Å². The van der Waals surface area contributed by atoms with E-state index in [1.165, 1.54) is 10.9 Å². The molecule has 36 heavy (non-hydrogen) atoms. The van der Waals surface area contributed by atoms with Crippen LogP contribution in [-0.4, -0.2) is 46.4 Å². The standard InChI is InChI=1S/C28H24ClN5OS/c1-33-24-12-11-18(29)15-21(24)25(17-7-3-2-4-8-17)31-26(27(33)35)32-28(36)34-14-13-20-19-9-5-6-10-22(19)30-23(20)16-34/h2-12,15,26,30H,13-14,16H2,1H3,(H,32,36). The molecule has 0 fully saturated rings. The number of hydrogen-bond donors (Lipinski definition) is 2. The van der Waals surface area contributed by atoms with Crippen LogP contribution in [0.1, 0.15) is 22.4 Å². The van der Waals surface area contributed by atoms with E-state index in [1.54, 1.807) is 18.0 Å². The molecule has 0 radical (unpaired) electrons. The molecule has 0 aliphatic carbocycles. The largest absolute Gasteiger partial charge is 0.357 e. The Bertz CT molecular complexity index is 1530. The first-order valence-corrected chi connectivity index (χ1v) is 12.6. The molecule has 2 N–H and O–H groups in total. The van der Waals surface area contributed by atoms with Gasteiger partial charge in [-0.3, -0.25) is 4.79 Å². The number of aromatic nitrogens is 1. The maximum atomic E-state index is 13.5. The van der Waals surface area contributed by atoms with E-state index < -0.39 is 6.17 Å². The summed E-state index contributed by atoms with van der Waals surface area (Å²) in [6.45, 7) is 1.42. The number of H-pyrrole nitrogens is 1. The molecule has 0 bridgehead atoms. The van der Waals surface area contributed by atoms with Gasteiger partial charge in [0.2, 0.25) is 6.17 Å². The zero-order chi connectivity index (χ0) is 24.8. The molecular weight excluding hydrogens is 490 g/mol. The van der Waals surface area contributed by atoms with Gasteiger partial charge in [0.15, 0.2) is 5.11 Å². The van der Waals surface area contributed by atoms with Gasteiger partial charge in [-0.15, -0.1) is 0 Å². The van der Waals surface area contributed by atoms with Gasteiger partial charge in [0, 0.05) is 46.3 Å². The molecule has 1 amide bonds. The number of nitrogens with zero attached hydrogens (tertiary/aromatic N) is 3. The predicted molar refractivity (Wildman–Crippen MR) is 149 cm³/mol. The third kappa shape index (κ3) is 3.94. The Balaban J connectivity index is 1.32. The molecule has 1 atom stereocenters. The van der Waals surface area contributed by atoms with E-state index in [0.717, 1.165) is 41.0 Å². The van der Waals surface area contributed by atoms with Crippen molar-refractivity contribution in [3.8, 4) is 0 Å². The second-order valence-corrected chi connectivity index (χ2v) is 9.88. The van der Waals surface area contributed by atoms with E-state index in [-0.39, 0.29) is 5.91 Å². The minimum absolute atomic E-state index is 0.185. The van der Waals surface area contributed by atoms with Crippen LogP contribution < -0.4 is 10.2 Å². The van der Waals surface area contributed by atoms with E-state index in [0.29, 0.717) is 22.4 Å². The summed E-state index contributed by atoms with van der Waals surface area (Å²) in [6.07, 6.45) is 0.00954. The van der Waals surface area contributed by atoms with Crippen LogP contribution >= 0.6 is 23.8 Å². The molecule has 1 unspecified atom stereocenters. The van der Waals surface area contributed by atoms with Crippen molar-refractivity contribution in [3.05, 3.63) is 100 Å². The topological polar surface area (TPSA) is 63.7 Å². The Labute approximate surface area is 219 Å². The summed E-state index contributed by atoms with van der Waals surface area (Å²) < 4.78 is 0. The quantitative estimate of drug-likeness (QED) is 0.374. The Kier molecular flexibility index (Phi) is 5.74. The molecule has 3 heterocycles. The number of nitrogens with one attached hydrogen (secondary N) is 2. The fourth-order valence-electron chi connectivity index (χ4n) is 5.04. The van der Waals surface area contributed by atoms with Gasteiger partial charge < -0.3 is 20.1 Å². The van der Waals surface area contributed by atoms with Gasteiger partial charge in [-0.1, -0.05) is 60.1 Å². The molecule has 0 spiro atoms. The summed E-state index contributed by atoms with van der Waals surface area (Å²) in [5.41, 5.74) is 6.80. The maximum absolute atomic E-state index is 13.5. The highest BCUT2D eigenvalue weighted by atomic mass is 35.5. The summed E-state index contributed by atoms with van der Waals surface area (Å²) in [4.78, 5) is 25.7. The molecule has 6 rings (SSSR count). The first-order valence-electron chi connectivity index (χ1n) is 11.8. The number of halogens is 1. The molecule has 2 aliphatic rings. The summed E-state index contributed by atoms with van der Waals surface area (Å²) in [5.74, 6) is -0.185.